The minimum Gasteiger partial charge on any atom is -0.390 e. The summed E-state index contributed by atoms with van der Waals surface area (Å²) in [6.07, 6.45) is -3.33. The Balaban J connectivity index is 1.99. The van der Waals surface area contributed by atoms with E-state index in [4.69, 9.17) is 9.47 Å². The fourth-order valence-electron chi connectivity index (χ4n) is 3.21. The largest absolute Gasteiger partial charge is 0.390 e. The molecule has 1 saturated carbocycles. The molecule has 8 unspecified atom stereocenters. The Kier molecular flexibility index (Phi) is 4.73. The average molecular weight is 290 g/mol. The summed E-state index contributed by atoms with van der Waals surface area (Å²) in [7, 11) is 0. The maximum absolute atomic E-state index is 10.1. The molecule has 4 N–H and O–H groups in total. The predicted octanol–water partition coefficient (Wildman–Crippen LogP) is -0.372. The van der Waals surface area contributed by atoms with Crippen LogP contribution in [0.2, 0.25) is 0 Å². The zero-order valence-corrected chi connectivity index (χ0v) is 12.3. The molecule has 118 valence electrons. The summed E-state index contributed by atoms with van der Waals surface area (Å²) < 4.78 is 11.0. The molecule has 20 heavy (non-hydrogen) atoms. The predicted molar refractivity (Wildman–Crippen MR) is 70.8 cm³/mol. The van der Waals surface area contributed by atoms with Crippen LogP contribution in [-0.2, 0) is 9.47 Å². The third-order valence-corrected chi connectivity index (χ3v) is 4.39. The number of rotatable bonds is 2. The number of ether oxygens (including phenoxy) is 2. The Morgan fingerprint density at radius 2 is 1.75 bits per heavy atom. The summed E-state index contributed by atoms with van der Waals surface area (Å²) in [5.41, 5.74) is -1.07. The van der Waals surface area contributed by atoms with Gasteiger partial charge in [-0.1, -0.05) is 13.8 Å². The molecular formula is C14H26O6. The van der Waals surface area contributed by atoms with E-state index in [2.05, 4.69) is 0 Å². The summed E-state index contributed by atoms with van der Waals surface area (Å²) in [6, 6.07) is 0. The summed E-state index contributed by atoms with van der Waals surface area (Å²) in [6.45, 7) is 5.51. The molecule has 8 atom stereocenters. The molecule has 0 aromatic rings. The van der Waals surface area contributed by atoms with Gasteiger partial charge < -0.3 is 29.9 Å². The van der Waals surface area contributed by atoms with Gasteiger partial charge in [0.1, 0.15) is 12.2 Å². The van der Waals surface area contributed by atoms with Crippen LogP contribution in [0.15, 0.2) is 0 Å². The van der Waals surface area contributed by atoms with Crippen molar-refractivity contribution in [1.29, 1.82) is 0 Å². The van der Waals surface area contributed by atoms with Crippen LogP contribution >= 0.6 is 0 Å². The van der Waals surface area contributed by atoms with Gasteiger partial charge in [0.05, 0.1) is 24.4 Å². The molecule has 0 aromatic carbocycles. The van der Waals surface area contributed by atoms with Gasteiger partial charge in [0.15, 0.2) is 6.29 Å². The molecule has 6 nitrogen and oxygen atoms in total. The van der Waals surface area contributed by atoms with Crippen molar-refractivity contribution >= 4 is 0 Å². The van der Waals surface area contributed by atoms with Gasteiger partial charge in [0.2, 0.25) is 0 Å². The maximum atomic E-state index is 10.1. The van der Waals surface area contributed by atoms with E-state index in [0.29, 0.717) is 0 Å². The second-order valence-electron chi connectivity index (χ2n) is 6.72. The van der Waals surface area contributed by atoms with Gasteiger partial charge in [-0.25, -0.2) is 0 Å². The number of aliphatic hydroxyl groups excluding tert-OH is 3. The van der Waals surface area contributed by atoms with Crippen LogP contribution in [0.25, 0.3) is 0 Å². The molecule has 6 heteroatoms. The van der Waals surface area contributed by atoms with E-state index in [1.54, 1.807) is 6.92 Å². The van der Waals surface area contributed by atoms with E-state index in [1.807, 2.05) is 13.8 Å². The lowest BCUT2D eigenvalue weighted by Crippen LogP contribution is -2.56. The molecule has 0 amide bonds. The fourth-order valence-corrected chi connectivity index (χ4v) is 3.21. The fraction of sp³-hybridized carbons (Fsp3) is 1.00. The molecule has 1 aliphatic heterocycles. The van der Waals surface area contributed by atoms with Crippen molar-refractivity contribution in [2.75, 3.05) is 6.61 Å². The minimum atomic E-state index is -1.07. The lowest BCUT2D eigenvalue weighted by Gasteiger charge is -2.44. The lowest BCUT2D eigenvalue weighted by atomic mass is 9.77. The van der Waals surface area contributed by atoms with Crippen molar-refractivity contribution in [3.05, 3.63) is 0 Å². The highest BCUT2D eigenvalue weighted by Crippen LogP contribution is 2.34. The Morgan fingerprint density at radius 1 is 1.10 bits per heavy atom. The molecule has 0 radical (unpaired) electrons. The minimum absolute atomic E-state index is 0.0118. The molecule has 2 aliphatic rings. The van der Waals surface area contributed by atoms with Gasteiger partial charge >= 0.3 is 0 Å². The Bertz CT molecular complexity index is 334. The van der Waals surface area contributed by atoms with Gasteiger partial charge in [0, 0.05) is 6.42 Å². The van der Waals surface area contributed by atoms with Crippen molar-refractivity contribution < 1.29 is 29.9 Å². The normalized spacial score (nSPS) is 53.9. The number of hydrogen-bond acceptors (Lipinski definition) is 6. The Hall–Kier alpha value is -0.240. The third-order valence-electron chi connectivity index (χ3n) is 4.39. The zero-order valence-electron chi connectivity index (χ0n) is 12.3. The van der Waals surface area contributed by atoms with E-state index in [0.717, 1.165) is 6.42 Å². The standard InChI is InChI=1S/C14H26O6/c1-7-4-8(2)12(11(17)10(7)16)20-13-9(15)5-14(3,18)6-19-13/h7-13,15-18H,4-6H2,1-3H3. The zero-order chi connectivity index (χ0) is 15.1. The number of aliphatic hydroxyl groups is 4. The molecule has 2 rings (SSSR count). The van der Waals surface area contributed by atoms with Crippen LogP contribution in [0.1, 0.15) is 33.6 Å². The van der Waals surface area contributed by atoms with Crippen molar-refractivity contribution in [3.63, 3.8) is 0 Å². The van der Waals surface area contributed by atoms with Crippen molar-refractivity contribution in [2.45, 2.75) is 69.9 Å². The van der Waals surface area contributed by atoms with E-state index in [9.17, 15) is 20.4 Å². The van der Waals surface area contributed by atoms with E-state index >= 15 is 0 Å². The molecule has 0 bridgehead atoms. The lowest BCUT2D eigenvalue weighted by molar-refractivity contribution is -0.294. The smallest absolute Gasteiger partial charge is 0.184 e. The van der Waals surface area contributed by atoms with Gasteiger partial charge in [-0.05, 0) is 25.2 Å². The summed E-state index contributed by atoms with van der Waals surface area (Å²) in [5, 5.41) is 39.9. The average Bonchev–Trinajstić information content (AvgIpc) is 2.33. The van der Waals surface area contributed by atoms with Gasteiger partial charge in [0.25, 0.3) is 0 Å². The molecule has 1 aliphatic carbocycles. The molecule has 1 heterocycles. The molecule has 2 fully saturated rings. The molecule has 0 spiro atoms. The third kappa shape index (κ3) is 3.32. The Morgan fingerprint density at radius 3 is 2.35 bits per heavy atom. The molecular weight excluding hydrogens is 264 g/mol. The van der Waals surface area contributed by atoms with Crippen LogP contribution in [0.5, 0.6) is 0 Å². The first kappa shape index (κ1) is 16.1. The monoisotopic (exact) mass is 290 g/mol. The van der Waals surface area contributed by atoms with Gasteiger partial charge in [-0.3, -0.25) is 0 Å². The second-order valence-corrected chi connectivity index (χ2v) is 6.72. The van der Waals surface area contributed by atoms with Crippen molar-refractivity contribution in [3.8, 4) is 0 Å². The first-order valence-corrected chi connectivity index (χ1v) is 7.25. The highest BCUT2D eigenvalue weighted by molar-refractivity contribution is 4.92. The molecule has 1 saturated heterocycles. The van der Waals surface area contributed by atoms with Gasteiger partial charge in [-0.15, -0.1) is 0 Å². The van der Waals surface area contributed by atoms with E-state index in [1.165, 1.54) is 0 Å². The van der Waals surface area contributed by atoms with Crippen molar-refractivity contribution in [1.82, 2.24) is 0 Å². The maximum Gasteiger partial charge on any atom is 0.184 e. The SMILES string of the molecule is CC1CC(C)C(OC2OCC(C)(O)CC2O)C(O)C1O. The van der Waals surface area contributed by atoms with Crippen LogP contribution < -0.4 is 0 Å². The highest BCUT2D eigenvalue weighted by Gasteiger charge is 2.44. The first-order valence-electron chi connectivity index (χ1n) is 7.25. The quantitative estimate of drug-likeness (QED) is 0.554. The first-order chi connectivity index (χ1) is 9.21. The van der Waals surface area contributed by atoms with E-state index < -0.39 is 36.3 Å². The molecule has 0 aromatic heterocycles. The van der Waals surface area contributed by atoms with Crippen LogP contribution in [-0.4, -0.2) is 63.3 Å². The summed E-state index contributed by atoms with van der Waals surface area (Å²) in [4.78, 5) is 0. The van der Waals surface area contributed by atoms with Crippen LogP contribution in [0.4, 0.5) is 0 Å². The summed E-state index contributed by atoms with van der Waals surface area (Å²) >= 11 is 0. The number of hydrogen-bond donors (Lipinski definition) is 4. The van der Waals surface area contributed by atoms with Crippen molar-refractivity contribution in [2.24, 2.45) is 11.8 Å². The highest BCUT2D eigenvalue weighted by atomic mass is 16.7. The van der Waals surface area contributed by atoms with E-state index in [-0.39, 0.29) is 24.9 Å². The topological polar surface area (TPSA) is 99.4 Å². The van der Waals surface area contributed by atoms with Crippen LogP contribution in [0, 0.1) is 11.8 Å². The summed E-state index contributed by atoms with van der Waals surface area (Å²) in [5.74, 6) is 0.0689. The van der Waals surface area contributed by atoms with Crippen LogP contribution in [0.3, 0.4) is 0 Å². The second kappa shape index (κ2) is 5.87. The Labute approximate surface area is 119 Å². The van der Waals surface area contributed by atoms with Gasteiger partial charge in [-0.2, -0.15) is 0 Å².